The highest BCUT2D eigenvalue weighted by Crippen LogP contribution is 2.24. The van der Waals surface area contributed by atoms with Crippen LogP contribution >= 0.6 is 0 Å². The molecule has 3 rings (SSSR count). The number of benzene rings is 2. The third kappa shape index (κ3) is 5.09. The summed E-state index contributed by atoms with van der Waals surface area (Å²) in [5, 5.41) is 12.7. The van der Waals surface area contributed by atoms with E-state index in [4.69, 9.17) is 0 Å². The van der Waals surface area contributed by atoms with Crippen molar-refractivity contribution in [2.75, 3.05) is 19.6 Å². The monoisotopic (exact) mass is 388 g/mol. The number of hydrogen-bond donors (Lipinski definition) is 2. The number of phenolic OH excluding ortho intramolecular Hbond substituents is 1. The van der Waals surface area contributed by atoms with Gasteiger partial charge < -0.3 is 10.4 Å². The fraction of sp³-hybridized carbons (Fsp3) is 0.429. The van der Waals surface area contributed by atoms with Gasteiger partial charge in [0.1, 0.15) is 5.75 Å². The Balaban J connectivity index is 1.75. The molecule has 146 valence electrons. The third-order valence-corrected chi connectivity index (χ3v) is 7.09. The number of hydrogen-bond acceptors (Lipinski definition) is 4. The summed E-state index contributed by atoms with van der Waals surface area (Å²) in [5.74, 6) is 0.247. The van der Waals surface area contributed by atoms with E-state index in [9.17, 15) is 13.5 Å². The first-order valence-electron chi connectivity index (χ1n) is 9.54. The van der Waals surface area contributed by atoms with Crippen LogP contribution < -0.4 is 5.32 Å². The van der Waals surface area contributed by atoms with Gasteiger partial charge >= 0.3 is 0 Å². The fourth-order valence-electron chi connectivity index (χ4n) is 3.54. The van der Waals surface area contributed by atoms with E-state index in [0.717, 1.165) is 49.9 Å². The number of rotatable bonds is 7. The molecule has 0 atom stereocenters. The van der Waals surface area contributed by atoms with E-state index < -0.39 is 10.0 Å². The minimum absolute atomic E-state index is 0.0392. The normalized spacial score (nSPS) is 15.9. The third-order valence-electron chi connectivity index (χ3n) is 5.12. The molecule has 1 aliphatic rings. The molecule has 2 aromatic rings. The number of phenols is 1. The maximum absolute atomic E-state index is 13.3. The van der Waals surface area contributed by atoms with Crippen LogP contribution in [0.2, 0.25) is 0 Å². The highest BCUT2D eigenvalue weighted by molar-refractivity contribution is 7.89. The van der Waals surface area contributed by atoms with E-state index in [0.29, 0.717) is 11.4 Å². The molecule has 0 amide bonds. The molecule has 0 unspecified atom stereocenters. The van der Waals surface area contributed by atoms with Crippen LogP contribution in [-0.4, -0.2) is 43.5 Å². The number of sulfonamides is 1. The Morgan fingerprint density at radius 2 is 1.67 bits per heavy atom. The highest BCUT2D eigenvalue weighted by Gasteiger charge is 2.31. The number of aromatic hydroxyl groups is 1. The lowest BCUT2D eigenvalue weighted by atomic mass is 10.1. The van der Waals surface area contributed by atoms with Crippen molar-refractivity contribution >= 4 is 10.0 Å². The van der Waals surface area contributed by atoms with Crippen molar-refractivity contribution in [2.24, 2.45) is 0 Å². The van der Waals surface area contributed by atoms with Gasteiger partial charge in [-0.2, -0.15) is 4.31 Å². The fourth-order valence-corrected chi connectivity index (χ4v) is 5.26. The van der Waals surface area contributed by atoms with Gasteiger partial charge in [-0.25, -0.2) is 8.42 Å². The summed E-state index contributed by atoms with van der Waals surface area (Å²) in [7, 11) is -3.51. The van der Waals surface area contributed by atoms with E-state index in [1.54, 1.807) is 28.6 Å². The van der Waals surface area contributed by atoms with Crippen molar-refractivity contribution < 1.29 is 13.5 Å². The first kappa shape index (κ1) is 19.9. The van der Waals surface area contributed by atoms with E-state index in [2.05, 4.69) is 5.32 Å². The molecule has 6 heteroatoms. The minimum Gasteiger partial charge on any atom is -0.508 e. The summed E-state index contributed by atoms with van der Waals surface area (Å²) in [4.78, 5) is 0.372. The van der Waals surface area contributed by atoms with Crippen LogP contribution in [0, 0.1) is 6.92 Å². The van der Waals surface area contributed by atoms with Gasteiger partial charge in [0.15, 0.2) is 0 Å². The van der Waals surface area contributed by atoms with E-state index in [-0.39, 0.29) is 11.8 Å². The van der Waals surface area contributed by atoms with Crippen molar-refractivity contribution in [1.82, 2.24) is 9.62 Å². The summed E-state index contributed by atoms with van der Waals surface area (Å²) in [6, 6.07) is 14.3. The number of nitrogens with zero attached hydrogens (tertiary/aromatic N) is 1. The molecule has 0 aromatic heterocycles. The Morgan fingerprint density at radius 3 is 2.30 bits per heavy atom. The van der Waals surface area contributed by atoms with E-state index in [1.807, 2.05) is 31.2 Å². The van der Waals surface area contributed by atoms with Crippen LogP contribution in [0.3, 0.4) is 0 Å². The Morgan fingerprint density at radius 1 is 1.04 bits per heavy atom. The van der Waals surface area contributed by atoms with Crippen molar-refractivity contribution in [3.63, 3.8) is 0 Å². The summed E-state index contributed by atoms with van der Waals surface area (Å²) in [5.41, 5.74) is 2.15. The maximum Gasteiger partial charge on any atom is 0.243 e. The van der Waals surface area contributed by atoms with Gasteiger partial charge in [0.05, 0.1) is 4.90 Å². The Hall–Kier alpha value is -1.89. The van der Waals surface area contributed by atoms with Crippen molar-refractivity contribution in [3.8, 4) is 5.75 Å². The summed E-state index contributed by atoms with van der Waals surface area (Å²) >= 11 is 0. The Labute approximate surface area is 162 Å². The maximum atomic E-state index is 13.3. The van der Waals surface area contributed by atoms with Crippen LogP contribution in [0.15, 0.2) is 53.4 Å². The second-order valence-corrected chi connectivity index (χ2v) is 9.07. The predicted octanol–water partition coefficient (Wildman–Crippen LogP) is 3.08. The molecule has 1 aliphatic heterocycles. The van der Waals surface area contributed by atoms with Gasteiger partial charge in [-0.1, -0.05) is 29.8 Å². The second kappa shape index (κ2) is 8.87. The van der Waals surface area contributed by atoms with Crippen LogP contribution in [0.4, 0.5) is 0 Å². The van der Waals surface area contributed by atoms with Crippen LogP contribution in [0.5, 0.6) is 5.75 Å². The summed E-state index contributed by atoms with van der Waals surface area (Å²) in [6.45, 7) is 4.16. The molecule has 1 saturated heterocycles. The number of aryl methyl sites for hydroxylation is 2. The quantitative estimate of drug-likeness (QED) is 0.765. The zero-order chi connectivity index (χ0) is 19.3. The number of nitrogens with one attached hydrogen (secondary N) is 1. The first-order chi connectivity index (χ1) is 13.0. The smallest absolute Gasteiger partial charge is 0.243 e. The molecule has 27 heavy (non-hydrogen) atoms. The van der Waals surface area contributed by atoms with Crippen molar-refractivity contribution in [2.45, 2.75) is 43.5 Å². The lowest BCUT2D eigenvalue weighted by molar-refractivity contribution is 0.260. The molecule has 1 fully saturated rings. The summed E-state index contributed by atoms with van der Waals surface area (Å²) in [6.07, 6.45) is 3.21. The molecular formula is C21H28N2O3S. The molecule has 2 aromatic carbocycles. The topological polar surface area (TPSA) is 69.6 Å². The average Bonchev–Trinajstić information content (AvgIpc) is 2.67. The molecular weight excluding hydrogens is 360 g/mol. The minimum atomic E-state index is -3.51. The molecule has 0 radical (unpaired) electrons. The van der Waals surface area contributed by atoms with Gasteiger partial charge in [-0.3, -0.25) is 0 Å². The lowest BCUT2D eigenvalue weighted by Gasteiger charge is -2.34. The SMILES string of the molecule is Cc1ccc(S(=O)(=O)N(CCCc2ccc(O)cc2)C2CCNCC2)cc1. The molecule has 5 nitrogen and oxygen atoms in total. The van der Waals surface area contributed by atoms with Gasteiger partial charge in [0.2, 0.25) is 10.0 Å². The lowest BCUT2D eigenvalue weighted by Crippen LogP contribution is -2.46. The largest absolute Gasteiger partial charge is 0.508 e. The summed E-state index contributed by atoms with van der Waals surface area (Å²) < 4.78 is 28.3. The highest BCUT2D eigenvalue weighted by atomic mass is 32.2. The predicted molar refractivity (Wildman–Crippen MR) is 107 cm³/mol. The first-order valence-corrected chi connectivity index (χ1v) is 11.0. The van der Waals surface area contributed by atoms with Crippen LogP contribution in [0.1, 0.15) is 30.4 Å². The van der Waals surface area contributed by atoms with Crippen LogP contribution in [-0.2, 0) is 16.4 Å². The average molecular weight is 389 g/mol. The van der Waals surface area contributed by atoms with Crippen molar-refractivity contribution in [1.29, 1.82) is 0 Å². The van der Waals surface area contributed by atoms with Gasteiger partial charge in [-0.05, 0) is 75.5 Å². The van der Waals surface area contributed by atoms with Crippen LogP contribution in [0.25, 0.3) is 0 Å². The van der Waals surface area contributed by atoms with Gasteiger partial charge in [0.25, 0.3) is 0 Å². The molecule has 1 heterocycles. The van der Waals surface area contributed by atoms with Gasteiger partial charge in [0, 0.05) is 12.6 Å². The Bertz CT molecular complexity index is 827. The second-order valence-electron chi connectivity index (χ2n) is 7.18. The number of piperidine rings is 1. The molecule has 0 saturated carbocycles. The molecule has 0 spiro atoms. The molecule has 0 aliphatic carbocycles. The zero-order valence-corrected chi connectivity index (χ0v) is 16.6. The molecule has 0 bridgehead atoms. The standard InChI is InChI=1S/C21H28N2O3S/c1-17-4-10-21(11-5-17)27(25,26)23(19-12-14-22-15-13-19)16-2-3-18-6-8-20(24)9-7-18/h4-11,19,22,24H,2-3,12-16H2,1H3. The zero-order valence-electron chi connectivity index (χ0n) is 15.8. The van der Waals surface area contributed by atoms with E-state index in [1.165, 1.54) is 0 Å². The van der Waals surface area contributed by atoms with Gasteiger partial charge in [-0.15, -0.1) is 0 Å². The Kier molecular flexibility index (Phi) is 6.52. The van der Waals surface area contributed by atoms with E-state index >= 15 is 0 Å². The van der Waals surface area contributed by atoms with Crippen molar-refractivity contribution in [3.05, 3.63) is 59.7 Å². The molecule has 2 N–H and O–H groups in total.